The van der Waals surface area contributed by atoms with Gasteiger partial charge in [0.25, 0.3) is 0 Å². The summed E-state index contributed by atoms with van der Waals surface area (Å²) in [7, 11) is 0. The average molecular weight is 445 g/mol. The van der Waals surface area contributed by atoms with Gasteiger partial charge in [0.05, 0.1) is 10.9 Å². The van der Waals surface area contributed by atoms with Gasteiger partial charge in [-0.05, 0) is 66.9 Å². The summed E-state index contributed by atoms with van der Waals surface area (Å²) in [5.74, 6) is 0.273. The Balaban J connectivity index is 1.92. The zero-order chi connectivity index (χ0) is 20.9. The maximum Gasteiger partial charge on any atom is 0.170 e. The number of rotatable bonds is 4. The standard InChI is InChI=1S/C23H22Cl2N2OS/c1-13(2)19-20(14(3)28)29-22-26-23(4,16-7-11-18(25)12-8-16)21(27(19)22)15-5-9-17(24)10-6-15/h5-13,21H,1-4H3/t21-,23+/m1/s1. The van der Waals surface area contributed by atoms with E-state index in [1.807, 2.05) is 48.5 Å². The number of Topliss-reactive ketones (excluding diaryl/α,β-unsaturated/α-hetero) is 1. The SMILES string of the molecule is CC(=O)C1=C(C(C)C)N2C(=N[C@@](C)(c3ccc(Cl)cc3)[C@H]2c2ccc(Cl)cc2)S1. The van der Waals surface area contributed by atoms with Gasteiger partial charge in [-0.3, -0.25) is 4.79 Å². The van der Waals surface area contributed by atoms with Crippen molar-refractivity contribution in [3.8, 4) is 0 Å². The Kier molecular flexibility index (Phi) is 5.30. The zero-order valence-electron chi connectivity index (χ0n) is 16.7. The number of thioether (sulfide) groups is 1. The molecule has 0 aromatic heterocycles. The van der Waals surface area contributed by atoms with Crippen LogP contribution in [-0.4, -0.2) is 15.9 Å². The third-order valence-corrected chi connectivity index (χ3v) is 7.17. The van der Waals surface area contributed by atoms with Crippen molar-refractivity contribution in [3.05, 3.63) is 80.3 Å². The second kappa shape index (κ2) is 7.50. The molecule has 29 heavy (non-hydrogen) atoms. The molecule has 0 fully saturated rings. The van der Waals surface area contributed by atoms with E-state index >= 15 is 0 Å². The Morgan fingerprint density at radius 1 is 1.07 bits per heavy atom. The quantitative estimate of drug-likeness (QED) is 0.517. The zero-order valence-corrected chi connectivity index (χ0v) is 19.1. The first-order chi connectivity index (χ1) is 13.7. The number of nitrogens with zero attached hydrogens (tertiary/aromatic N) is 2. The third-order valence-electron chi connectivity index (χ3n) is 5.49. The molecular formula is C23H22Cl2N2OS. The van der Waals surface area contributed by atoms with Crippen molar-refractivity contribution in [1.29, 1.82) is 0 Å². The van der Waals surface area contributed by atoms with Crippen molar-refractivity contribution in [2.45, 2.75) is 39.3 Å². The molecule has 2 heterocycles. The molecule has 2 aromatic carbocycles. The molecule has 3 nitrogen and oxygen atoms in total. The van der Waals surface area contributed by atoms with Crippen LogP contribution < -0.4 is 0 Å². The summed E-state index contributed by atoms with van der Waals surface area (Å²) in [4.78, 5) is 20.6. The Hall–Kier alpha value is -1.75. The van der Waals surface area contributed by atoms with Gasteiger partial charge in [-0.1, -0.05) is 61.3 Å². The smallest absolute Gasteiger partial charge is 0.170 e. The van der Waals surface area contributed by atoms with Crippen LogP contribution in [0.1, 0.15) is 44.9 Å². The maximum absolute atomic E-state index is 12.4. The number of amidine groups is 1. The highest BCUT2D eigenvalue weighted by molar-refractivity contribution is 8.18. The van der Waals surface area contributed by atoms with Crippen molar-refractivity contribution in [3.63, 3.8) is 0 Å². The van der Waals surface area contributed by atoms with Crippen molar-refractivity contribution in [2.75, 3.05) is 0 Å². The molecule has 0 unspecified atom stereocenters. The van der Waals surface area contributed by atoms with Crippen LogP contribution in [-0.2, 0) is 10.3 Å². The first kappa shape index (κ1) is 20.5. The van der Waals surface area contributed by atoms with E-state index in [9.17, 15) is 4.79 Å². The van der Waals surface area contributed by atoms with Crippen LogP contribution in [0.2, 0.25) is 10.0 Å². The molecule has 2 aromatic rings. The van der Waals surface area contributed by atoms with Crippen molar-refractivity contribution >= 4 is 45.9 Å². The summed E-state index contributed by atoms with van der Waals surface area (Å²) < 4.78 is 0. The highest BCUT2D eigenvalue weighted by Gasteiger charge is 2.52. The molecule has 150 valence electrons. The molecule has 0 aliphatic carbocycles. The van der Waals surface area contributed by atoms with E-state index in [4.69, 9.17) is 28.2 Å². The van der Waals surface area contributed by atoms with Crippen LogP contribution in [0.15, 0.2) is 64.1 Å². The van der Waals surface area contributed by atoms with Gasteiger partial charge in [-0.15, -0.1) is 0 Å². The van der Waals surface area contributed by atoms with Gasteiger partial charge in [0.2, 0.25) is 0 Å². The highest BCUT2D eigenvalue weighted by atomic mass is 35.5. The molecule has 0 spiro atoms. The van der Waals surface area contributed by atoms with E-state index in [2.05, 4.69) is 25.7 Å². The highest BCUT2D eigenvalue weighted by Crippen LogP contribution is 2.56. The third kappa shape index (κ3) is 3.41. The Morgan fingerprint density at radius 3 is 2.14 bits per heavy atom. The minimum absolute atomic E-state index is 0.0823. The van der Waals surface area contributed by atoms with E-state index in [0.717, 1.165) is 26.9 Å². The fraction of sp³-hybridized carbons (Fsp3) is 0.304. The van der Waals surface area contributed by atoms with E-state index in [0.29, 0.717) is 10.0 Å². The number of ketones is 1. The fourth-order valence-electron chi connectivity index (χ4n) is 4.16. The summed E-state index contributed by atoms with van der Waals surface area (Å²) in [5.41, 5.74) is 2.70. The Labute approximate surface area is 185 Å². The van der Waals surface area contributed by atoms with Crippen molar-refractivity contribution in [2.24, 2.45) is 10.9 Å². The first-order valence-corrected chi connectivity index (χ1v) is 11.1. The van der Waals surface area contributed by atoms with Crippen LogP contribution in [0.3, 0.4) is 0 Å². The lowest BCUT2D eigenvalue weighted by atomic mass is 9.81. The Morgan fingerprint density at radius 2 is 1.62 bits per heavy atom. The van der Waals surface area contributed by atoms with E-state index in [1.54, 1.807) is 6.92 Å². The van der Waals surface area contributed by atoms with Crippen LogP contribution in [0.25, 0.3) is 0 Å². The number of carbonyl (C=O) groups is 1. The number of fused-ring (bicyclic) bond motifs is 1. The van der Waals surface area contributed by atoms with Gasteiger partial charge in [-0.2, -0.15) is 0 Å². The number of hydrogen-bond donors (Lipinski definition) is 0. The lowest BCUT2D eigenvalue weighted by Gasteiger charge is -2.37. The molecule has 2 aliphatic heterocycles. The second-order valence-corrected chi connectivity index (χ2v) is 9.75. The van der Waals surface area contributed by atoms with Gasteiger partial charge in [0.1, 0.15) is 5.54 Å². The van der Waals surface area contributed by atoms with Crippen LogP contribution in [0.5, 0.6) is 0 Å². The topological polar surface area (TPSA) is 32.7 Å². The molecule has 0 N–H and O–H groups in total. The average Bonchev–Trinajstić information content (AvgIpc) is 3.16. The van der Waals surface area contributed by atoms with E-state index in [1.165, 1.54) is 11.8 Å². The fourth-order valence-corrected chi connectivity index (χ4v) is 5.72. The van der Waals surface area contributed by atoms with E-state index in [-0.39, 0.29) is 17.7 Å². The summed E-state index contributed by atoms with van der Waals surface area (Å²) in [6.07, 6.45) is 0. The minimum Gasteiger partial charge on any atom is -0.313 e. The summed E-state index contributed by atoms with van der Waals surface area (Å²) in [6, 6.07) is 15.7. The van der Waals surface area contributed by atoms with Crippen LogP contribution in [0.4, 0.5) is 0 Å². The monoisotopic (exact) mass is 444 g/mol. The van der Waals surface area contributed by atoms with Gasteiger partial charge < -0.3 is 4.90 Å². The van der Waals surface area contributed by atoms with Crippen molar-refractivity contribution in [1.82, 2.24) is 4.90 Å². The lowest BCUT2D eigenvalue weighted by Crippen LogP contribution is -2.36. The van der Waals surface area contributed by atoms with Gasteiger partial charge in [0.15, 0.2) is 11.0 Å². The molecule has 0 bridgehead atoms. The second-order valence-electron chi connectivity index (χ2n) is 7.90. The summed E-state index contributed by atoms with van der Waals surface area (Å²) in [6.45, 7) is 8.02. The van der Waals surface area contributed by atoms with Crippen LogP contribution in [0, 0.1) is 5.92 Å². The largest absolute Gasteiger partial charge is 0.313 e. The lowest BCUT2D eigenvalue weighted by molar-refractivity contribution is -0.113. The predicted octanol–water partition coefficient (Wildman–Crippen LogP) is 6.82. The molecule has 4 rings (SSSR count). The molecule has 6 heteroatoms. The number of halogens is 2. The molecule has 0 radical (unpaired) electrons. The molecule has 0 amide bonds. The number of aliphatic imine (C=N–C) groups is 1. The number of carbonyl (C=O) groups excluding carboxylic acids is 1. The Bertz CT molecular complexity index is 1030. The molecule has 0 saturated carbocycles. The number of hydrogen-bond acceptors (Lipinski definition) is 4. The maximum atomic E-state index is 12.4. The van der Waals surface area contributed by atoms with Crippen molar-refractivity contribution < 1.29 is 4.79 Å². The van der Waals surface area contributed by atoms with Gasteiger partial charge in [-0.25, -0.2) is 4.99 Å². The number of allylic oxidation sites excluding steroid dienone is 2. The van der Waals surface area contributed by atoms with E-state index < -0.39 is 5.54 Å². The van der Waals surface area contributed by atoms with Crippen LogP contribution >= 0.6 is 35.0 Å². The normalized spacial score (nSPS) is 23.6. The van der Waals surface area contributed by atoms with Gasteiger partial charge in [0, 0.05) is 15.7 Å². The summed E-state index contributed by atoms with van der Waals surface area (Å²) >= 11 is 13.8. The molecule has 2 aliphatic rings. The minimum atomic E-state index is -0.525. The predicted molar refractivity (Wildman–Crippen MR) is 122 cm³/mol. The number of benzene rings is 2. The molecule has 2 atom stereocenters. The first-order valence-electron chi connectivity index (χ1n) is 9.56. The molecule has 0 saturated heterocycles. The summed E-state index contributed by atoms with van der Waals surface area (Å²) in [5, 5.41) is 2.26. The van der Waals surface area contributed by atoms with Gasteiger partial charge >= 0.3 is 0 Å². The molecular weight excluding hydrogens is 423 g/mol.